The number of rotatable bonds is 3. The molecule has 0 aromatic heterocycles. The van der Waals surface area contributed by atoms with Crippen molar-refractivity contribution in [1.82, 2.24) is 0 Å². The smallest absolute Gasteiger partial charge is 0.0679 e. The van der Waals surface area contributed by atoms with Crippen molar-refractivity contribution in [3.05, 3.63) is 33.8 Å². The molecule has 110 valence electrons. The first-order valence-electron chi connectivity index (χ1n) is 7.44. The van der Waals surface area contributed by atoms with Crippen LogP contribution in [0.25, 0.3) is 0 Å². The summed E-state index contributed by atoms with van der Waals surface area (Å²) in [5.74, 6) is 0.213. The van der Waals surface area contributed by atoms with Crippen LogP contribution in [0.3, 0.4) is 0 Å². The minimum Gasteiger partial charge on any atom is -0.392 e. The summed E-state index contributed by atoms with van der Waals surface area (Å²) in [6, 6.07) is 5.90. The summed E-state index contributed by atoms with van der Waals surface area (Å²) in [5.41, 5.74) is 7.13. The molecule has 1 unspecified atom stereocenters. The van der Waals surface area contributed by atoms with E-state index in [1.807, 2.05) is 18.2 Å². The van der Waals surface area contributed by atoms with Gasteiger partial charge in [0.15, 0.2) is 0 Å². The van der Waals surface area contributed by atoms with E-state index in [1.54, 1.807) is 0 Å². The van der Waals surface area contributed by atoms with Gasteiger partial charge in [-0.2, -0.15) is 0 Å². The highest BCUT2D eigenvalue weighted by molar-refractivity contribution is 6.42. The molecular formula is C16H21Cl2NO. The van der Waals surface area contributed by atoms with Crippen molar-refractivity contribution in [2.24, 2.45) is 11.7 Å². The highest BCUT2D eigenvalue weighted by atomic mass is 35.5. The van der Waals surface area contributed by atoms with Crippen LogP contribution in [0.1, 0.15) is 44.1 Å². The number of hydrogen-bond donors (Lipinski definition) is 2. The highest BCUT2D eigenvalue weighted by Crippen LogP contribution is 2.51. The maximum absolute atomic E-state index is 10.9. The Labute approximate surface area is 130 Å². The number of aliphatic hydroxyl groups is 1. The van der Waals surface area contributed by atoms with Gasteiger partial charge in [0.1, 0.15) is 0 Å². The van der Waals surface area contributed by atoms with E-state index in [9.17, 15) is 5.11 Å². The van der Waals surface area contributed by atoms with Crippen LogP contribution in [-0.2, 0) is 5.41 Å². The molecule has 0 radical (unpaired) electrons. The average Bonchev–Trinajstić information content (AvgIpc) is 2.78. The van der Waals surface area contributed by atoms with Gasteiger partial charge >= 0.3 is 0 Å². The lowest BCUT2D eigenvalue weighted by atomic mass is 9.58. The molecule has 0 heterocycles. The van der Waals surface area contributed by atoms with Gasteiger partial charge in [0, 0.05) is 17.4 Å². The molecule has 4 heteroatoms. The molecule has 2 fully saturated rings. The Morgan fingerprint density at radius 2 is 1.90 bits per heavy atom. The molecule has 0 bridgehead atoms. The minimum atomic E-state index is -0.369. The lowest BCUT2D eigenvalue weighted by Crippen LogP contribution is -2.52. The Balaban J connectivity index is 1.92. The highest BCUT2D eigenvalue weighted by Gasteiger charge is 2.49. The number of halogens is 2. The van der Waals surface area contributed by atoms with Gasteiger partial charge in [-0.3, -0.25) is 0 Å². The van der Waals surface area contributed by atoms with E-state index >= 15 is 0 Å². The normalized spacial score (nSPS) is 30.0. The quantitative estimate of drug-likeness (QED) is 0.889. The van der Waals surface area contributed by atoms with Gasteiger partial charge in [-0.05, 0) is 43.4 Å². The summed E-state index contributed by atoms with van der Waals surface area (Å²) in [6.45, 7) is 0. The molecule has 1 aromatic carbocycles. The van der Waals surface area contributed by atoms with Crippen LogP contribution in [0.2, 0.25) is 10.0 Å². The Bertz CT molecular complexity index is 501. The van der Waals surface area contributed by atoms with E-state index in [4.69, 9.17) is 28.9 Å². The minimum absolute atomic E-state index is 0.130. The van der Waals surface area contributed by atoms with E-state index in [0.29, 0.717) is 10.0 Å². The molecule has 2 nitrogen and oxygen atoms in total. The molecule has 2 saturated carbocycles. The van der Waals surface area contributed by atoms with Crippen molar-refractivity contribution in [2.45, 2.75) is 56.1 Å². The van der Waals surface area contributed by atoms with E-state index in [-0.39, 0.29) is 23.5 Å². The van der Waals surface area contributed by atoms with Gasteiger partial charge in [0.25, 0.3) is 0 Å². The van der Waals surface area contributed by atoms with Crippen LogP contribution in [0.5, 0.6) is 0 Å². The third-order valence-electron chi connectivity index (χ3n) is 5.34. The molecule has 20 heavy (non-hydrogen) atoms. The molecule has 3 atom stereocenters. The number of benzene rings is 1. The van der Waals surface area contributed by atoms with Gasteiger partial charge in [-0.25, -0.2) is 0 Å². The van der Waals surface area contributed by atoms with E-state index in [1.165, 1.54) is 0 Å². The van der Waals surface area contributed by atoms with Crippen LogP contribution in [0.4, 0.5) is 0 Å². The predicted octanol–water partition coefficient (Wildman–Crippen LogP) is 3.90. The Morgan fingerprint density at radius 1 is 1.15 bits per heavy atom. The zero-order valence-corrected chi connectivity index (χ0v) is 13.0. The Hall–Kier alpha value is -0.280. The van der Waals surface area contributed by atoms with Crippen molar-refractivity contribution < 1.29 is 5.11 Å². The van der Waals surface area contributed by atoms with Crippen LogP contribution in [0.15, 0.2) is 18.2 Å². The van der Waals surface area contributed by atoms with Crippen molar-refractivity contribution in [3.8, 4) is 0 Å². The fraction of sp³-hybridized carbons (Fsp3) is 0.625. The average molecular weight is 314 g/mol. The molecule has 2 aliphatic rings. The number of aliphatic hydroxyl groups excluding tert-OH is 1. The second-order valence-corrected chi connectivity index (χ2v) is 7.16. The molecule has 0 saturated heterocycles. The predicted molar refractivity (Wildman–Crippen MR) is 83.3 cm³/mol. The third kappa shape index (κ3) is 2.27. The van der Waals surface area contributed by atoms with Crippen molar-refractivity contribution in [3.63, 3.8) is 0 Å². The number of nitrogens with two attached hydrogens (primary N) is 1. The fourth-order valence-corrected chi connectivity index (χ4v) is 4.24. The molecule has 1 aromatic rings. The summed E-state index contributed by atoms with van der Waals surface area (Å²) < 4.78 is 0. The molecular weight excluding hydrogens is 293 g/mol. The van der Waals surface area contributed by atoms with Crippen LogP contribution < -0.4 is 5.73 Å². The molecule has 3 rings (SSSR count). The molecule has 2 aliphatic carbocycles. The van der Waals surface area contributed by atoms with E-state index in [2.05, 4.69) is 0 Å². The first-order valence-corrected chi connectivity index (χ1v) is 8.19. The summed E-state index contributed by atoms with van der Waals surface area (Å²) >= 11 is 12.2. The van der Waals surface area contributed by atoms with E-state index < -0.39 is 0 Å². The topological polar surface area (TPSA) is 46.2 Å². The SMILES string of the molecule is N[C@H]1CCC[C@H]1C(O)C1(c2ccc(Cl)c(Cl)c2)CCC1. The van der Waals surface area contributed by atoms with Gasteiger partial charge in [0.05, 0.1) is 16.1 Å². The lowest BCUT2D eigenvalue weighted by Gasteiger charge is -2.49. The van der Waals surface area contributed by atoms with Crippen LogP contribution >= 0.6 is 23.2 Å². The van der Waals surface area contributed by atoms with Gasteiger partial charge in [0.2, 0.25) is 0 Å². The summed E-state index contributed by atoms with van der Waals surface area (Å²) in [6.07, 6.45) is 5.99. The van der Waals surface area contributed by atoms with Gasteiger partial charge in [-0.15, -0.1) is 0 Å². The number of hydrogen-bond acceptors (Lipinski definition) is 2. The standard InChI is InChI=1S/C16H21Cl2NO/c17-12-6-5-10(9-13(12)18)16(7-2-8-16)15(20)11-3-1-4-14(11)19/h5-6,9,11,14-15,20H,1-4,7-8,19H2/t11-,14+,15?/m1/s1. The Kier molecular flexibility index (Phi) is 4.02. The van der Waals surface area contributed by atoms with Crippen molar-refractivity contribution >= 4 is 23.2 Å². The van der Waals surface area contributed by atoms with Crippen LogP contribution in [-0.4, -0.2) is 17.3 Å². The maximum Gasteiger partial charge on any atom is 0.0679 e. The monoisotopic (exact) mass is 313 g/mol. The summed E-state index contributed by atoms with van der Waals surface area (Å²) in [5, 5.41) is 12.1. The maximum atomic E-state index is 10.9. The zero-order valence-electron chi connectivity index (χ0n) is 11.5. The summed E-state index contributed by atoms with van der Waals surface area (Å²) in [4.78, 5) is 0. The zero-order chi connectivity index (χ0) is 14.3. The molecule has 3 N–H and O–H groups in total. The lowest BCUT2D eigenvalue weighted by molar-refractivity contribution is -0.0165. The second kappa shape index (κ2) is 5.49. The molecule has 0 spiro atoms. The van der Waals surface area contributed by atoms with Crippen molar-refractivity contribution in [2.75, 3.05) is 0 Å². The second-order valence-electron chi connectivity index (χ2n) is 6.34. The molecule has 0 aliphatic heterocycles. The van der Waals surface area contributed by atoms with Crippen LogP contribution in [0, 0.1) is 5.92 Å². The first-order chi connectivity index (χ1) is 9.54. The largest absolute Gasteiger partial charge is 0.392 e. The van der Waals surface area contributed by atoms with E-state index in [0.717, 1.165) is 44.1 Å². The Morgan fingerprint density at radius 3 is 2.40 bits per heavy atom. The summed E-state index contributed by atoms with van der Waals surface area (Å²) in [7, 11) is 0. The fourth-order valence-electron chi connectivity index (χ4n) is 3.94. The first kappa shape index (κ1) is 14.6. The van der Waals surface area contributed by atoms with Crippen molar-refractivity contribution in [1.29, 1.82) is 0 Å². The van der Waals surface area contributed by atoms with Gasteiger partial charge < -0.3 is 10.8 Å². The van der Waals surface area contributed by atoms with Gasteiger partial charge in [-0.1, -0.05) is 42.1 Å². The molecule has 0 amide bonds. The third-order valence-corrected chi connectivity index (χ3v) is 6.08.